The van der Waals surface area contributed by atoms with Crippen LogP contribution in [-0.2, 0) is 14.3 Å². The quantitative estimate of drug-likeness (QED) is 0.731. The Kier molecular flexibility index (Phi) is 4.18. The molecular formula is C12H21NO3. The van der Waals surface area contributed by atoms with Crippen molar-refractivity contribution >= 4 is 5.97 Å². The Bertz CT molecular complexity index is 232. The molecule has 1 aliphatic carbocycles. The first-order valence-electron chi connectivity index (χ1n) is 6.23. The molecule has 2 unspecified atom stereocenters. The third-order valence-corrected chi connectivity index (χ3v) is 3.66. The van der Waals surface area contributed by atoms with E-state index in [1.54, 1.807) is 0 Å². The largest absolute Gasteiger partial charge is 0.468 e. The third-order valence-electron chi connectivity index (χ3n) is 3.66. The highest BCUT2D eigenvalue weighted by Gasteiger charge is 2.34. The zero-order valence-electron chi connectivity index (χ0n) is 9.91. The smallest absolute Gasteiger partial charge is 0.323 e. The van der Waals surface area contributed by atoms with Crippen LogP contribution in [0, 0.1) is 5.92 Å². The van der Waals surface area contributed by atoms with Gasteiger partial charge in [0.05, 0.1) is 13.7 Å². The maximum atomic E-state index is 11.7. The van der Waals surface area contributed by atoms with Gasteiger partial charge in [0.1, 0.15) is 6.04 Å². The first-order chi connectivity index (χ1) is 7.81. The zero-order valence-corrected chi connectivity index (χ0v) is 9.91. The van der Waals surface area contributed by atoms with E-state index in [-0.39, 0.29) is 17.9 Å². The lowest BCUT2D eigenvalue weighted by molar-refractivity contribution is -0.145. The number of methoxy groups -OCH3 is 1. The van der Waals surface area contributed by atoms with Gasteiger partial charge in [-0.25, -0.2) is 0 Å². The molecule has 0 radical (unpaired) electrons. The fourth-order valence-electron chi connectivity index (χ4n) is 2.69. The van der Waals surface area contributed by atoms with Crippen molar-refractivity contribution in [2.45, 2.75) is 44.2 Å². The van der Waals surface area contributed by atoms with Gasteiger partial charge in [-0.15, -0.1) is 0 Å². The summed E-state index contributed by atoms with van der Waals surface area (Å²) in [6.45, 7) is 1.45. The molecule has 1 saturated heterocycles. The minimum Gasteiger partial charge on any atom is -0.468 e. The van der Waals surface area contributed by atoms with Crippen molar-refractivity contribution in [3.05, 3.63) is 0 Å². The molecule has 0 aromatic heterocycles. The molecule has 0 amide bonds. The van der Waals surface area contributed by atoms with E-state index in [4.69, 9.17) is 9.47 Å². The van der Waals surface area contributed by atoms with Crippen molar-refractivity contribution in [1.82, 2.24) is 5.32 Å². The summed E-state index contributed by atoms with van der Waals surface area (Å²) in [5.41, 5.74) is 0. The Labute approximate surface area is 96.7 Å². The average Bonchev–Trinajstić information content (AvgIpc) is 2.97. The van der Waals surface area contributed by atoms with Crippen molar-refractivity contribution < 1.29 is 14.3 Å². The Morgan fingerprint density at radius 3 is 2.69 bits per heavy atom. The summed E-state index contributed by atoms with van der Waals surface area (Å²) in [4.78, 5) is 11.7. The molecule has 1 saturated carbocycles. The molecule has 2 atom stereocenters. The predicted octanol–water partition coefficient (Wildman–Crippen LogP) is 1.10. The second-order valence-electron chi connectivity index (χ2n) is 4.77. The summed E-state index contributed by atoms with van der Waals surface area (Å²) in [5, 5.41) is 3.45. The summed E-state index contributed by atoms with van der Waals surface area (Å²) in [6.07, 6.45) is 5.86. The first kappa shape index (κ1) is 11.9. The van der Waals surface area contributed by atoms with Crippen LogP contribution in [0.15, 0.2) is 0 Å². The highest BCUT2D eigenvalue weighted by Crippen LogP contribution is 2.23. The van der Waals surface area contributed by atoms with Gasteiger partial charge < -0.3 is 14.8 Å². The number of nitrogens with one attached hydrogen (secondary N) is 1. The van der Waals surface area contributed by atoms with Crippen LogP contribution in [0.5, 0.6) is 0 Å². The monoisotopic (exact) mass is 227 g/mol. The summed E-state index contributed by atoms with van der Waals surface area (Å²) in [6, 6.07) is 0.320. The van der Waals surface area contributed by atoms with E-state index in [0.29, 0.717) is 12.6 Å². The van der Waals surface area contributed by atoms with Crippen molar-refractivity contribution in [2.24, 2.45) is 5.92 Å². The van der Waals surface area contributed by atoms with E-state index >= 15 is 0 Å². The lowest BCUT2D eigenvalue weighted by Gasteiger charge is -2.24. The van der Waals surface area contributed by atoms with Gasteiger partial charge in [-0.05, 0) is 19.3 Å². The van der Waals surface area contributed by atoms with Gasteiger partial charge >= 0.3 is 5.97 Å². The lowest BCUT2D eigenvalue weighted by atomic mass is 9.98. The Morgan fingerprint density at radius 1 is 1.38 bits per heavy atom. The minimum atomic E-state index is -0.171. The predicted molar refractivity (Wildman–Crippen MR) is 60.1 cm³/mol. The van der Waals surface area contributed by atoms with Gasteiger partial charge in [-0.2, -0.15) is 0 Å². The van der Waals surface area contributed by atoms with Crippen molar-refractivity contribution in [2.75, 3.05) is 20.3 Å². The molecule has 2 rings (SSSR count). The van der Waals surface area contributed by atoms with E-state index in [1.165, 1.54) is 32.8 Å². The van der Waals surface area contributed by atoms with Gasteiger partial charge in [-0.1, -0.05) is 12.8 Å². The van der Waals surface area contributed by atoms with Crippen LogP contribution in [0.2, 0.25) is 0 Å². The molecular weight excluding hydrogens is 206 g/mol. The van der Waals surface area contributed by atoms with Crippen molar-refractivity contribution in [1.29, 1.82) is 0 Å². The molecule has 1 aliphatic heterocycles. The third kappa shape index (κ3) is 2.74. The van der Waals surface area contributed by atoms with Gasteiger partial charge in [-0.3, -0.25) is 4.79 Å². The highest BCUT2D eigenvalue weighted by molar-refractivity contribution is 5.76. The van der Waals surface area contributed by atoms with Crippen LogP contribution in [0.4, 0.5) is 0 Å². The number of esters is 1. The van der Waals surface area contributed by atoms with E-state index in [0.717, 1.165) is 13.0 Å². The number of carbonyl (C=O) groups is 1. The standard InChI is InChI=1S/C12H21NO3/c1-15-12(14)11(9-6-7-16-8-9)13-10-4-2-3-5-10/h9-11,13H,2-8H2,1H3. The maximum absolute atomic E-state index is 11.7. The Balaban J connectivity index is 1.92. The van der Waals surface area contributed by atoms with Gasteiger partial charge in [0, 0.05) is 18.6 Å². The average molecular weight is 227 g/mol. The van der Waals surface area contributed by atoms with Gasteiger partial charge in [0.2, 0.25) is 0 Å². The molecule has 4 nitrogen and oxygen atoms in total. The Morgan fingerprint density at radius 2 is 2.12 bits per heavy atom. The van der Waals surface area contributed by atoms with E-state index in [1.807, 2.05) is 0 Å². The summed E-state index contributed by atoms with van der Waals surface area (Å²) in [5.74, 6) is 0.149. The number of hydrogen-bond donors (Lipinski definition) is 1. The second-order valence-corrected chi connectivity index (χ2v) is 4.77. The van der Waals surface area contributed by atoms with Gasteiger partial charge in [0.15, 0.2) is 0 Å². The molecule has 92 valence electrons. The fraction of sp³-hybridized carbons (Fsp3) is 0.917. The van der Waals surface area contributed by atoms with E-state index in [2.05, 4.69) is 5.32 Å². The molecule has 16 heavy (non-hydrogen) atoms. The van der Waals surface area contributed by atoms with E-state index in [9.17, 15) is 4.79 Å². The van der Waals surface area contributed by atoms with Gasteiger partial charge in [0.25, 0.3) is 0 Å². The number of carbonyl (C=O) groups excluding carboxylic acids is 1. The second kappa shape index (κ2) is 5.64. The van der Waals surface area contributed by atoms with E-state index < -0.39 is 0 Å². The molecule has 1 heterocycles. The molecule has 2 fully saturated rings. The topological polar surface area (TPSA) is 47.6 Å². The molecule has 0 aromatic carbocycles. The molecule has 0 bridgehead atoms. The van der Waals surface area contributed by atoms with Crippen LogP contribution in [0.3, 0.4) is 0 Å². The lowest BCUT2D eigenvalue weighted by Crippen LogP contribution is -2.47. The number of ether oxygens (including phenoxy) is 2. The zero-order chi connectivity index (χ0) is 11.4. The summed E-state index contributed by atoms with van der Waals surface area (Å²) >= 11 is 0. The fourth-order valence-corrected chi connectivity index (χ4v) is 2.69. The number of rotatable bonds is 4. The van der Waals surface area contributed by atoms with Crippen LogP contribution >= 0.6 is 0 Å². The Hall–Kier alpha value is -0.610. The number of hydrogen-bond acceptors (Lipinski definition) is 4. The van der Waals surface area contributed by atoms with Crippen molar-refractivity contribution in [3.63, 3.8) is 0 Å². The molecule has 0 aromatic rings. The summed E-state index contributed by atoms with van der Waals surface area (Å²) in [7, 11) is 1.46. The van der Waals surface area contributed by atoms with Crippen LogP contribution < -0.4 is 5.32 Å². The first-order valence-corrected chi connectivity index (χ1v) is 6.23. The van der Waals surface area contributed by atoms with Crippen molar-refractivity contribution in [3.8, 4) is 0 Å². The molecule has 1 N–H and O–H groups in total. The van der Waals surface area contributed by atoms with Crippen LogP contribution in [0.25, 0.3) is 0 Å². The minimum absolute atomic E-state index is 0.137. The molecule has 4 heteroatoms. The van der Waals surface area contributed by atoms with Crippen LogP contribution in [-0.4, -0.2) is 38.4 Å². The maximum Gasteiger partial charge on any atom is 0.323 e. The summed E-state index contributed by atoms with van der Waals surface area (Å²) < 4.78 is 10.2. The molecule has 2 aliphatic rings. The SMILES string of the molecule is COC(=O)C(NC1CCCC1)C1CCOC1. The molecule has 0 spiro atoms. The normalized spacial score (nSPS) is 28.2. The van der Waals surface area contributed by atoms with Crippen LogP contribution in [0.1, 0.15) is 32.1 Å². The highest BCUT2D eigenvalue weighted by atomic mass is 16.5.